The number of β-lactam (4-membered cyclic amide) rings is 1. The highest BCUT2D eigenvalue weighted by atomic mass is 32.2. The molecule has 7 nitrogen and oxygen atoms in total. The Bertz CT molecular complexity index is 682. The van der Waals surface area contributed by atoms with E-state index in [-0.39, 0.29) is 28.0 Å². The average molecular weight is 362 g/mol. The van der Waals surface area contributed by atoms with Crippen LogP contribution in [0.4, 0.5) is 0 Å². The van der Waals surface area contributed by atoms with Gasteiger partial charge in [-0.1, -0.05) is 30.3 Å². The highest BCUT2D eigenvalue weighted by molar-refractivity contribution is 8.01. The first-order valence-electron chi connectivity index (χ1n) is 8.14. The predicted molar refractivity (Wildman–Crippen MR) is 95.5 cm³/mol. The van der Waals surface area contributed by atoms with Crippen molar-refractivity contribution < 1.29 is 14.4 Å². The molecule has 0 spiro atoms. The Balaban J connectivity index is 1.63. The Morgan fingerprint density at radius 2 is 2.08 bits per heavy atom. The standard InChI is InChI=1S/C17H22N4O3S/c1-17(2)11(21-15(24)13(20-9-22)16(21)25-17)8-19-14(23)12(18)10-6-4-3-5-7-10/h3-7,9,11-13,16H,8,18H2,1-2H3,(H,19,23)(H,20,22)/t11-,12?,13+,16+/m0/s1. The molecular formula is C17H22N4O3S. The molecule has 0 radical (unpaired) electrons. The van der Waals surface area contributed by atoms with Crippen LogP contribution in [0.3, 0.4) is 0 Å². The second-order valence-electron chi connectivity index (χ2n) is 6.77. The second kappa shape index (κ2) is 6.68. The SMILES string of the molecule is CC1(C)S[C@@H]2[C@H](NC=O)C(=O)N2[C@H]1CNC(=O)C(N)c1ccccc1. The normalized spacial score (nSPS) is 27.9. The molecule has 1 unspecified atom stereocenters. The fourth-order valence-corrected chi connectivity index (χ4v) is 5.03. The third-order valence-electron chi connectivity index (χ3n) is 4.80. The van der Waals surface area contributed by atoms with Gasteiger partial charge in [-0.2, -0.15) is 0 Å². The zero-order valence-electron chi connectivity index (χ0n) is 14.1. The fraction of sp³-hybridized carbons (Fsp3) is 0.471. The number of nitrogens with zero attached hydrogens (tertiary/aromatic N) is 1. The van der Waals surface area contributed by atoms with Gasteiger partial charge in [-0.15, -0.1) is 11.8 Å². The van der Waals surface area contributed by atoms with Gasteiger partial charge < -0.3 is 21.3 Å². The van der Waals surface area contributed by atoms with Crippen molar-refractivity contribution in [1.82, 2.24) is 15.5 Å². The summed E-state index contributed by atoms with van der Waals surface area (Å²) >= 11 is 1.64. The Labute approximate surface area is 150 Å². The van der Waals surface area contributed by atoms with Crippen LogP contribution in [0, 0.1) is 0 Å². The number of amides is 3. The molecule has 4 N–H and O–H groups in total. The molecule has 1 aromatic rings. The minimum absolute atomic E-state index is 0.0857. The molecule has 2 heterocycles. The largest absolute Gasteiger partial charge is 0.352 e. The minimum atomic E-state index is -0.745. The molecule has 3 rings (SSSR count). The maximum Gasteiger partial charge on any atom is 0.249 e. The lowest BCUT2D eigenvalue weighted by Crippen LogP contribution is -2.69. The molecule has 0 aliphatic carbocycles. The van der Waals surface area contributed by atoms with Gasteiger partial charge in [-0.05, 0) is 19.4 Å². The number of benzene rings is 1. The molecule has 2 fully saturated rings. The Hall–Kier alpha value is -2.06. The zero-order chi connectivity index (χ0) is 18.2. The first-order chi connectivity index (χ1) is 11.9. The Morgan fingerprint density at radius 3 is 2.72 bits per heavy atom. The summed E-state index contributed by atoms with van der Waals surface area (Å²) in [6.45, 7) is 4.40. The molecule has 134 valence electrons. The molecule has 0 bridgehead atoms. The molecule has 25 heavy (non-hydrogen) atoms. The molecule has 2 aliphatic rings. The number of fused-ring (bicyclic) bond motifs is 1. The Kier molecular flexibility index (Phi) is 4.75. The molecule has 0 aromatic heterocycles. The summed E-state index contributed by atoms with van der Waals surface area (Å²) in [7, 11) is 0. The lowest BCUT2D eigenvalue weighted by molar-refractivity contribution is -0.150. The number of rotatable bonds is 6. The molecule has 4 atom stereocenters. The highest BCUT2D eigenvalue weighted by Crippen LogP contribution is 2.50. The van der Waals surface area contributed by atoms with Crippen LogP contribution in [0.5, 0.6) is 0 Å². The van der Waals surface area contributed by atoms with Crippen molar-refractivity contribution in [2.45, 2.75) is 42.1 Å². The number of hydrogen-bond donors (Lipinski definition) is 3. The number of hydrogen-bond acceptors (Lipinski definition) is 5. The van der Waals surface area contributed by atoms with E-state index in [0.717, 1.165) is 5.56 Å². The van der Waals surface area contributed by atoms with Crippen molar-refractivity contribution >= 4 is 30.0 Å². The maximum absolute atomic E-state index is 12.4. The maximum atomic E-state index is 12.4. The summed E-state index contributed by atoms with van der Waals surface area (Å²) in [5, 5.41) is 5.35. The van der Waals surface area contributed by atoms with E-state index < -0.39 is 12.1 Å². The molecule has 8 heteroatoms. The average Bonchev–Trinajstić information content (AvgIpc) is 2.85. The van der Waals surface area contributed by atoms with Gasteiger partial charge in [0.05, 0.1) is 6.04 Å². The predicted octanol–water partition coefficient (Wildman–Crippen LogP) is -0.0205. The molecule has 2 aliphatic heterocycles. The summed E-state index contributed by atoms with van der Waals surface area (Å²) < 4.78 is -0.232. The number of thioether (sulfide) groups is 1. The number of nitrogens with one attached hydrogen (secondary N) is 2. The van der Waals surface area contributed by atoms with Crippen LogP contribution in [0.2, 0.25) is 0 Å². The fourth-order valence-electron chi connectivity index (χ4n) is 3.36. The van der Waals surface area contributed by atoms with E-state index in [2.05, 4.69) is 10.6 Å². The van der Waals surface area contributed by atoms with Crippen molar-refractivity contribution in [2.24, 2.45) is 5.73 Å². The zero-order valence-corrected chi connectivity index (χ0v) is 15.0. The van der Waals surface area contributed by atoms with Gasteiger partial charge in [0.2, 0.25) is 18.2 Å². The lowest BCUT2D eigenvalue weighted by atomic mass is 9.95. The first-order valence-corrected chi connectivity index (χ1v) is 9.02. The van der Waals surface area contributed by atoms with Crippen LogP contribution in [0.25, 0.3) is 0 Å². The second-order valence-corrected chi connectivity index (χ2v) is 8.54. The first kappa shape index (κ1) is 17.8. The number of carbonyl (C=O) groups excluding carboxylic acids is 3. The van der Waals surface area contributed by atoms with Crippen molar-refractivity contribution in [2.75, 3.05) is 6.54 Å². The molecular weight excluding hydrogens is 340 g/mol. The third-order valence-corrected chi connectivity index (χ3v) is 6.42. The van der Waals surface area contributed by atoms with E-state index in [1.54, 1.807) is 16.7 Å². The topological polar surface area (TPSA) is 105 Å². The van der Waals surface area contributed by atoms with E-state index in [9.17, 15) is 14.4 Å². The van der Waals surface area contributed by atoms with E-state index in [4.69, 9.17) is 5.73 Å². The van der Waals surface area contributed by atoms with Crippen LogP contribution in [-0.2, 0) is 14.4 Å². The summed E-state index contributed by atoms with van der Waals surface area (Å²) in [4.78, 5) is 37.0. The highest BCUT2D eigenvalue weighted by Gasteiger charge is 2.61. The summed E-state index contributed by atoms with van der Waals surface area (Å²) in [5.41, 5.74) is 6.75. The van der Waals surface area contributed by atoms with Crippen molar-refractivity contribution in [1.29, 1.82) is 0 Å². The Morgan fingerprint density at radius 1 is 1.40 bits per heavy atom. The van der Waals surface area contributed by atoms with Crippen LogP contribution in [-0.4, -0.2) is 51.9 Å². The van der Waals surface area contributed by atoms with Gasteiger partial charge in [0, 0.05) is 11.3 Å². The van der Waals surface area contributed by atoms with Gasteiger partial charge in [-0.3, -0.25) is 14.4 Å². The molecule has 3 amide bonds. The lowest BCUT2D eigenvalue weighted by Gasteiger charge is -2.44. The van der Waals surface area contributed by atoms with Crippen LogP contribution in [0.15, 0.2) is 30.3 Å². The smallest absolute Gasteiger partial charge is 0.249 e. The molecule has 1 aromatic carbocycles. The van der Waals surface area contributed by atoms with Crippen LogP contribution < -0.4 is 16.4 Å². The van der Waals surface area contributed by atoms with Crippen molar-refractivity contribution in [3.8, 4) is 0 Å². The van der Waals surface area contributed by atoms with Crippen LogP contribution in [0.1, 0.15) is 25.5 Å². The number of nitrogens with two attached hydrogens (primary N) is 1. The minimum Gasteiger partial charge on any atom is -0.352 e. The van der Waals surface area contributed by atoms with Gasteiger partial charge in [0.1, 0.15) is 17.5 Å². The van der Waals surface area contributed by atoms with Gasteiger partial charge in [-0.25, -0.2) is 0 Å². The molecule has 2 saturated heterocycles. The van der Waals surface area contributed by atoms with E-state index in [1.807, 2.05) is 44.2 Å². The van der Waals surface area contributed by atoms with Gasteiger partial charge in [0.15, 0.2) is 0 Å². The third kappa shape index (κ3) is 3.11. The summed E-state index contributed by atoms with van der Waals surface area (Å²) in [5.74, 6) is -0.382. The van der Waals surface area contributed by atoms with E-state index in [1.165, 1.54) is 0 Å². The van der Waals surface area contributed by atoms with Gasteiger partial charge in [0.25, 0.3) is 0 Å². The van der Waals surface area contributed by atoms with Crippen molar-refractivity contribution in [3.63, 3.8) is 0 Å². The van der Waals surface area contributed by atoms with Crippen LogP contribution >= 0.6 is 11.8 Å². The van der Waals surface area contributed by atoms with Gasteiger partial charge >= 0.3 is 0 Å². The summed E-state index contributed by atoms with van der Waals surface area (Å²) in [6, 6.07) is 7.79. The quantitative estimate of drug-likeness (QED) is 0.487. The summed E-state index contributed by atoms with van der Waals surface area (Å²) in [6.07, 6.45) is 0.557. The van der Waals surface area contributed by atoms with Crippen molar-refractivity contribution in [3.05, 3.63) is 35.9 Å². The van der Waals surface area contributed by atoms with E-state index >= 15 is 0 Å². The number of carbonyl (C=O) groups is 3. The monoisotopic (exact) mass is 362 g/mol. The van der Waals surface area contributed by atoms with E-state index in [0.29, 0.717) is 13.0 Å². The molecule has 0 saturated carbocycles.